The Hall–Kier alpha value is -1.38. The van der Waals surface area contributed by atoms with Crippen molar-refractivity contribution in [1.82, 2.24) is 0 Å². The molecule has 0 fully saturated rings. The first-order valence-electron chi connectivity index (χ1n) is 5.80. The summed E-state index contributed by atoms with van der Waals surface area (Å²) in [7, 11) is 1.11. The fraction of sp³-hybridized carbons (Fsp3) is 0.455. The summed E-state index contributed by atoms with van der Waals surface area (Å²) in [6, 6.07) is 3.21. The van der Waals surface area contributed by atoms with Crippen LogP contribution in [0.4, 0.5) is 5.69 Å². The molecule has 0 aliphatic rings. The molecule has 7 nitrogen and oxygen atoms in total. The molecule has 0 spiro atoms. The molecule has 0 amide bonds. The molecule has 1 rings (SSSR count). The number of nitro groups is 1. The van der Waals surface area contributed by atoms with E-state index in [0.717, 1.165) is 18.6 Å². The van der Waals surface area contributed by atoms with E-state index in [9.17, 15) is 18.5 Å². The number of nitrogens with zero attached hydrogens (tertiary/aromatic N) is 1. The Bertz CT molecular complexity index is 574. The van der Waals surface area contributed by atoms with Gasteiger partial charge in [0.1, 0.15) is 17.3 Å². The van der Waals surface area contributed by atoms with Crippen molar-refractivity contribution in [2.24, 2.45) is 0 Å². The minimum Gasteiger partial charge on any atom is -0.490 e. The van der Waals surface area contributed by atoms with E-state index >= 15 is 0 Å². The molecule has 1 aromatic rings. The molecule has 0 saturated heterocycles. The van der Waals surface area contributed by atoms with Crippen LogP contribution in [0.5, 0.6) is 5.75 Å². The highest BCUT2D eigenvalue weighted by molar-refractivity contribution is 8.13. The summed E-state index contributed by atoms with van der Waals surface area (Å²) in [4.78, 5) is 9.49. The van der Waals surface area contributed by atoms with Crippen molar-refractivity contribution < 1.29 is 22.8 Å². The number of hydrogen-bond acceptors (Lipinski definition) is 6. The van der Waals surface area contributed by atoms with Crippen LogP contribution in [0, 0.1) is 10.1 Å². The van der Waals surface area contributed by atoms with E-state index in [0.29, 0.717) is 6.61 Å². The quantitative estimate of drug-likeness (QED) is 0.315. The molecule has 0 N–H and O–H groups in total. The van der Waals surface area contributed by atoms with E-state index in [1.165, 1.54) is 6.07 Å². The summed E-state index contributed by atoms with van der Waals surface area (Å²) in [5.41, 5.74) is -0.376. The molecule has 20 heavy (non-hydrogen) atoms. The zero-order valence-corrected chi connectivity index (χ0v) is 12.3. The average molecular weight is 324 g/mol. The van der Waals surface area contributed by atoms with E-state index in [4.69, 9.17) is 20.2 Å². The van der Waals surface area contributed by atoms with Crippen LogP contribution in [0.3, 0.4) is 0 Å². The fourth-order valence-corrected chi connectivity index (χ4v) is 2.37. The minimum absolute atomic E-state index is 0.0364. The SMILES string of the molecule is CCCOCCOc1ccc([N+](=O)[O-])cc1S(=O)(=O)Cl. The van der Waals surface area contributed by atoms with Gasteiger partial charge in [-0.05, 0) is 12.5 Å². The van der Waals surface area contributed by atoms with Crippen LogP contribution in [0.1, 0.15) is 13.3 Å². The van der Waals surface area contributed by atoms with Gasteiger partial charge in [0, 0.05) is 29.4 Å². The summed E-state index contributed by atoms with van der Waals surface area (Å²) in [6.07, 6.45) is 0.860. The fourth-order valence-electron chi connectivity index (χ4n) is 1.38. The van der Waals surface area contributed by atoms with Crippen molar-refractivity contribution in [3.8, 4) is 5.75 Å². The maximum absolute atomic E-state index is 11.4. The largest absolute Gasteiger partial charge is 0.490 e. The molecular weight excluding hydrogens is 310 g/mol. The van der Waals surface area contributed by atoms with Gasteiger partial charge in [-0.1, -0.05) is 6.92 Å². The second kappa shape index (κ2) is 7.41. The van der Waals surface area contributed by atoms with Gasteiger partial charge < -0.3 is 9.47 Å². The lowest BCUT2D eigenvalue weighted by Crippen LogP contribution is -2.09. The number of benzene rings is 1. The van der Waals surface area contributed by atoms with Crippen LogP contribution in [0.25, 0.3) is 0 Å². The number of halogens is 1. The Morgan fingerprint density at radius 3 is 2.55 bits per heavy atom. The number of nitro benzene ring substituents is 1. The van der Waals surface area contributed by atoms with Crippen LogP contribution in [-0.2, 0) is 13.8 Å². The molecule has 112 valence electrons. The van der Waals surface area contributed by atoms with Gasteiger partial charge in [0.05, 0.1) is 11.5 Å². The van der Waals surface area contributed by atoms with Crippen molar-refractivity contribution in [1.29, 1.82) is 0 Å². The molecule has 0 heterocycles. The van der Waals surface area contributed by atoms with E-state index in [-0.39, 0.29) is 24.7 Å². The van der Waals surface area contributed by atoms with Crippen LogP contribution in [-0.4, -0.2) is 33.2 Å². The van der Waals surface area contributed by atoms with Crippen molar-refractivity contribution in [2.75, 3.05) is 19.8 Å². The van der Waals surface area contributed by atoms with Gasteiger partial charge in [-0.25, -0.2) is 8.42 Å². The second-order valence-electron chi connectivity index (χ2n) is 3.79. The summed E-state index contributed by atoms with van der Waals surface area (Å²) >= 11 is 0. The van der Waals surface area contributed by atoms with Gasteiger partial charge in [0.2, 0.25) is 0 Å². The van der Waals surface area contributed by atoms with Gasteiger partial charge >= 0.3 is 0 Å². The Balaban J connectivity index is 2.87. The molecule has 0 saturated carbocycles. The van der Waals surface area contributed by atoms with E-state index < -0.39 is 18.9 Å². The summed E-state index contributed by atoms with van der Waals surface area (Å²) < 4.78 is 33.2. The number of rotatable bonds is 8. The van der Waals surface area contributed by atoms with Crippen molar-refractivity contribution >= 4 is 25.4 Å². The lowest BCUT2D eigenvalue weighted by atomic mass is 10.3. The summed E-state index contributed by atoms with van der Waals surface area (Å²) in [5, 5.41) is 10.6. The minimum atomic E-state index is -4.13. The van der Waals surface area contributed by atoms with E-state index in [1.54, 1.807) is 0 Å². The van der Waals surface area contributed by atoms with Gasteiger partial charge in [-0.15, -0.1) is 0 Å². The number of ether oxygens (including phenoxy) is 2. The molecule has 1 aromatic carbocycles. The predicted molar refractivity (Wildman–Crippen MR) is 72.7 cm³/mol. The third-order valence-corrected chi connectivity index (χ3v) is 3.58. The maximum atomic E-state index is 11.4. The normalized spacial score (nSPS) is 11.3. The smallest absolute Gasteiger partial charge is 0.271 e. The van der Waals surface area contributed by atoms with Crippen LogP contribution < -0.4 is 4.74 Å². The number of non-ortho nitro benzene ring substituents is 1. The Morgan fingerprint density at radius 2 is 2.00 bits per heavy atom. The zero-order chi connectivity index (χ0) is 15.2. The van der Waals surface area contributed by atoms with E-state index in [2.05, 4.69) is 0 Å². The molecular formula is C11H14ClNO6S. The monoisotopic (exact) mass is 323 g/mol. The first-order chi connectivity index (χ1) is 9.36. The van der Waals surface area contributed by atoms with Gasteiger partial charge in [-0.2, -0.15) is 0 Å². The van der Waals surface area contributed by atoms with Crippen molar-refractivity contribution in [2.45, 2.75) is 18.2 Å². The van der Waals surface area contributed by atoms with Crippen molar-refractivity contribution in [3.05, 3.63) is 28.3 Å². The molecule has 0 radical (unpaired) electrons. The highest BCUT2D eigenvalue weighted by Gasteiger charge is 2.21. The first-order valence-corrected chi connectivity index (χ1v) is 8.11. The third-order valence-electron chi connectivity index (χ3n) is 2.23. The lowest BCUT2D eigenvalue weighted by Gasteiger charge is -2.09. The second-order valence-corrected chi connectivity index (χ2v) is 6.32. The van der Waals surface area contributed by atoms with Crippen LogP contribution >= 0.6 is 10.7 Å². The molecule has 0 unspecified atom stereocenters. The van der Waals surface area contributed by atoms with Crippen molar-refractivity contribution in [3.63, 3.8) is 0 Å². The summed E-state index contributed by atoms with van der Waals surface area (Å²) in [6.45, 7) is 2.93. The van der Waals surface area contributed by atoms with Gasteiger partial charge in [0.15, 0.2) is 0 Å². The van der Waals surface area contributed by atoms with Gasteiger partial charge in [0.25, 0.3) is 14.7 Å². The molecule has 0 aliphatic heterocycles. The standard InChI is InChI=1S/C11H14ClNO6S/c1-2-5-18-6-7-19-10-4-3-9(13(14)15)8-11(10)20(12,16)17/h3-4,8H,2,5-7H2,1H3. The maximum Gasteiger partial charge on any atom is 0.271 e. The Kier molecular flexibility index (Phi) is 6.18. The molecule has 0 atom stereocenters. The topological polar surface area (TPSA) is 95.7 Å². The third kappa shape index (κ3) is 4.95. The van der Waals surface area contributed by atoms with E-state index in [1.807, 2.05) is 6.92 Å². The Labute approximate surface area is 121 Å². The zero-order valence-electron chi connectivity index (χ0n) is 10.7. The number of hydrogen-bond donors (Lipinski definition) is 0. The van der Waals surface area contributed by atoms with Gasteiger partial charge in [-0.3, -0.25) is 10.1 Å². The molecule has 0 aromatic heterocycles. The van der Waals surface area contributed by atoms with Crippen LogP contribution in [0.2, 0.25) is 0 Å². The predicted octanol–water partition coefficient (Wildman–Crippen LogP) is 2.33. The molecule has 9 heteroatoms. The highest BCUT2D eigenvalue weighted by atomic mass is 35.7. The first kappa shape index (κ1) is 16.7. The van der Waals surface area contributed by atoms with Crippen LogP contribution in [0.15, 0.2) is 23.1 Å². The average Bonchev–Trinajstić information content (AvgIpc) is 2.37. The Morgan fingerprint density at radius 1 is 1.30 bits per heavy atom. The highest BCUT2D eigenvalue weighted by Crippen LogP contribution is 2.30. The molecule has 0 bridgehead atoms. The summed E-state index contributed by atoms with van der Waals surface area (Å²) in [5.74, 6) is -0.0364. The molecule has 0 aliphatic carbocycles. The lowest BCUT2D eigenvalue weighted by molar-refractivity contribution is -0.385.